The van der Waals surface area contributed by atoms with Crippen LogP contribution in [0.5, 0.6) is 0 Å². The van der Waals surface area contributed by atoms with Gasteiger partial charge in [0.2, 0.25) is 0 Å². The highest BCUT2D eigenvalue weighted by atomic mass is 32.1. The Morgan fingerprint density at radius 1 is 1.28 bits per heavy atom. The molecule has 3 amide bonds. The highest BCUT2D eigenvalue weighted by molar-refractivity contribution is 7.12. The predicted octanol–water partition coefficient (Wildman–Crippen LogP) is 2.94. The minimum absolute atomic E-state index is 0.200. The standard InChI is InChI=1S/C19H18N2O3S/c1-11-9-14(12(2)25-11)16(22)10-21-17(23)19(20-18(21)24)8-7-13-5-3-4-6-15(13)19/h3-6,9H,7-8,10H2,1-2H3,(H,20,24)/t19-/m1/s1. The summed E-state index contributed by atoms with van der Waals surface area (Å²) in [6, 6.07) is 9.01. The first-order chi connectivity index (χ1) is 11.9. The Labute approximate surface area is 149 Å². The highest BCUT2D eigenvalue weighted by Gasteiger charge is 2.55. The lowest BCUT2D eigenvalue weighted by atomic mass is 9.92. The Hall–Kier alpha value is -2.47. The van der Waals surface area contributed by atoms with Gasteiger partial charge in [-0.05, 0) is 43.9 Å². The maximum Gasteiger partial charge on any atom is 0.325 e. The van der Waals surface area contributed by atoms with Gasteiger partial charge >= 0.3 is 6.03 Å². The van der Waals surface area contributed by atoms with Gasteiger partial charge in [-0.3, -0.25) is 14.5 Å². The molecule has 1 spiro atoms. The van der Waals surface area contributed by atoms with Crippen LogP contribution in [0.3, 0.4) is 0 Å². The largest absolute Gasteiger partial charge is 0.325 e. The van der Waals surface area contributed by atoms with Crippen molar-refractivity contribution < 1.29 is 14.4 Å². The molecular weight excluding hydrogens is 336 g/mol. The topological polar surface area (TPSA) is 66.5 Å². The van der Waals surface area contributed by atoms with E-state index in [1.807, 2.05) is 44.2 Å². The fourth-order valence-corrected chi connectivity index (χ4v) is 4.81. The second-order valence-corrected chi connectivity index (χ2v) is 8.09. The molecule has 1 N–H and O–H groups in total. The third-order valence-corrected chi connectivity index (χ3v) is 6.03. The molecule has 4 rings (SSSR count). The highest BCUT2D eigenvalue weighted by Crippen LogP contribution is 2.41. The number of imide groups is 1. The zero-order valence-corrected chi connectivity index (χ0v) is 14.9. The van der Waals surface area contributed by atoms with E-state index in [0.717, 1.165) is 32.2 Å². The van der Waals surface area contributed by atoms with Crippen molar-refractivity contribution in [2.45, 2.75) is 32.2 Å². The number of Topliss-reactive ketones (excluding diaryl/α,β-unsaturated/α-hetero) is 1. The molecule has 6 heteroatoms. The van der Waals surface area contributed by atoms with Crippen LogP contribution in [0.1, 0.15) is 37.7 Å². The molecule has 1 fully saturated rings. The van der Waals surface area contributed by atoms with Crippen molar-refractivity contribution in [1.29, 1.82) is 0 Å². The molecule has 1 aromatic carbocycles. The molecule has 5 nitrogen and oxygen atoms in total. The first kappa shape index (κ1) is 16.0. The van der Waals surface area contributed by atoms with E-state index in [4.69, 9.17) is 0 Å². The number of carbonyl (C=O) groups excluding carboxylic acids is 3. The number of carbonyl (C=O) groups is 3. The minimum Gasteiger partial charge on any atom is -0.319 e. The van der Waals surface area contributed by atoms with E-state index in [9.17, 15) is 14.4 Å². The summed E-state index contributed by atoms with van der Waals surface area (Å²) in [4.78, 5) is 41.1. The molecular formula is C19H18N2O3S. The van der Waals surface area contributed by atoms with E-state index in [1.165, 1.54) is 0 Å². The summed E-state index contributed by atoms with van der Waals surface area (Å²) in [6.07, 6.45) is 1.28. The fraction of sp³-hybridized carbons (Fsp3) is 0.316. The smallest absolute Gasteiger partial charge is 0.319 e. The lowest BCUT2D eigenvalue weighted by Crippen LogP contribution is -2.42. The summed E-state index contributed by atoms with van der Waals surface area (Å²) in [5.41, 5.74) is 1.52. The number of ketones is 1. The van der Waals surface area contributed by atoms with Crippen LogP contribution in [-0.2, 0) is 16.8 Å². The molecule has 2 aromatic rings. The first-order valence-electron chi connectivity index (χ1n) is 8.25. The zero-order chi connectivity index (χ0) is 17.8. The van der Waals surface area contributed by atoms with Crippen LogP contribution >= 0.6 is 11.3 Å². The van der Waals surface area contributed by atoms with E-state index in [-0.39, 0.29) is 18.2 Å². The molecule has 1 atom stereocenters. The first-order valence-corrected chi connectivity index (χ1v) is 9.07. The molecule has 128 valence electrons. The second-order valence-electron chi connectivity index (χ2n) is 6.63. The average molecular weight is 354 g/mol. The van der Waals surface area contributed by atoms with E-state index >= 15 is 0 Å². The lowest BCUT2D eigenvalue weighted by Gasteiger charge is -2.22. The fourth-order valence-electron chi connectivity index (χ4n) is 3.87. The maximum absolute atomic E-state index is 13.1. The Bertz CT molecular complexity index is 917. The van der Waals surface area contributed by atoms with Crippen molar-refractivity contribution in [2.24, 2.45) is 0 Å². The summed E-state index contributed by atoms with van der Waals surface area (Å²) in [6.45, 7) is 3.60. The van der Waals surface area contributed by atoms with E-state index < -0.39 is 11.6 Å². The van der Waals surface area contributed by atoms with Crippen LogP contribution in [0.2, 0.25) is 0 Å². The summed E-state index contributed by atoms with van der Waals surface area (Å²) >= 11 is 1.54. The van der Waals surface area contributed by atoms with Gasteiger partial charge in [0.15, 0.2) is 5.78 Å². The van der Waals surface area contributed by atoms with Crippen molar-refractivity contribution in [3.63, 3.8) is 0 Å². The maximum atomic E-state index is 13.1. The predicted molar refractivity (Wildman–Crippen MR) is 94.8 cm³/mol. The number of nitrogens with one attached hydrogen (secondary N) is 1. The van der Waals surface area contributed by atoms with Gasteiger partial charge in [-0.1, -0.05) is 24.3 Å². The molecule has 1 aromatic heterocycles. The van der Waals surface area contributed by atoms with Gasteiger partial charge in [0.1, 0.15) is 5.54 Å². The monoisotopic (exact) mass is 354 g/mol. The van der Waals surface area contributed by atoms with E-state index in [1.54, 1.807) is 11.3 Å². The van der Waals surface area contributed by atoms with Gasteiger partial charge < -0.3 is 5.32 Å². The van der Waals surface area contributed by atoms with Crippen LogP contribution in [0.25, 0.3) is 0 Å². The summed E-state index contributed by atoms with van der Waals surface area (Å²) in [5, 5.41) is 2.85. The third kappa shape index (κ3) is 2.32. The SMILES string of the molecule is Cc1cc(C(=O)CN2C(=O)N[C@@]3(CCc4ccccc43)C2=O)c(C)s1. The number of fused-ring (bicyclic) bond motifs is 2. The van der Waals surface area contributed by atoms with Gasteiger partial charge in [-0.25, -0.2) is 4.79 Å². The molecule has 25 heavy (non-hydrogen) atoms. The zero-order valence-electron chi connectivity index (χ0n) is 14.1. The average Bonchev–Trinajstić information content (AvgIpc) is 3.19. The van der Waals surface area contributed by atoms with Gasteiger partial charge in [0, 0.05) is 15.3 Å². The van der Waals surface area contributed by atoms with Crippen molar-refractivity contribution in [1.82, 2.24) is 10.2 Å². The van der Waals surface area contributed by atoms with Crippen LogP contribution in [0, 0.1) is 13.8 Å². The van der Waals surface area contributed by atoms with Crippen LogP contribution in [0.4, 0.5) is 4.79 Å². The Kier molecular flexibility index (Phi) is 3.54. The van der Waals surface area contributed by atoms with Crippen molar-refractivity contribution in [3.8, 4) is 0 Å². The molecule has 0 unspecified atom stereocenters. The van der Waals surface area contributed by atoms with Gasteiger partial charge in [-0.2, -0.15) is 0 Å². The van der Waals surface area contributed by atoms with Crippen molar-refractivity contribution >= 4 is 29.1 Å². The number of nitrogens with zero attached hydrogens (tertiary/aromatic N) is 1. The number of rotatable bonds is 3. The molecule has 2 heterocycles. The Balaban J connectivity index is 1.63. The van der Waals surface area contributed by atoms with Crippen LogP contribution in [-0.4, -0.2) is 29.2 Å². The summed E-state index contributed by atoms with van der Waals surface area (Å²) < 4.78 is 0. The number of benzene rings is 1. The van der Waals surface area contributed by atoms with E-state index in [0.29, 0.717) is 12.0 Å². The van der Waals surface area contributed by atoms with Crippen molar-refractivity contribution in [3.05, 3.63) is 56.8 Å². The van der Waals surface area contributed by atoms with Gasteiger partial charge in [0.05, 0.1) is 6.54 Å². The molecule has 1 aliphatic heterocycles. The van der Waals surface area contributed by atoms with Gasteiger partial charge in [0.25, 0.3) is 5.91 Å². The number of thiophene rings is 1. The number of amides is 3. The Morgan fingerprint density at radius 3 is 2.76 bits per heavy atom. The van der Waals surface area contributed by atoms with Crippen LogP contribution < -0.4 is 5.32 Å². The number of aryl methyl sites for hydroxylation is 3. The summed E-state index contributed by atoms with van der Waals surface area (Å²) in [7, 11) is 0. The third-order valence-electron chi connectivity index (χ3n) is 5.07. The summed E-state index contributed by atoms with van der Waals surface area (Å²) in [5.74, 6) is -0.519. The molecule has 1 saturated heterocycles. The number of hydrogen-bond acceptors (Lipinski definition) is 4. The number of urea groups is 1. The molecule has 0 radical (unpaired) electrons. The molecule has 2 aliphatic rings. The second kappa shape index (κ2) is 5.52. The quantitative estimate of drug-likeness (QED) is 0.681. The number of hydrogen-bond donors (Lipinski definition) is 1. The van der Waals surface area contributed by atoms with Crippen molar-refractivity contribution in [2.75, 3.05) is 6.54 Å². The van der Waals surface area contributed by atoms with Gasteiger partial charge in [-0.15, -0.1) is 11.3 Å². The normalized spacial score (nSPS) is 21.8. The minimum atomic E-state index is -1.01. The molecule has 0 bridgehead atoms. The van der Waals surface area contributed by atoms with E-state index in [2.05, 4.69) is 5.32 Å². The molecule has 0 saturated carbocycles. The Morgan fingerprint density at radius 2 is 2.04 bits per heavy atom. The molecule has 1 aliphatic carbocycles. The lowest BCUT2D eigenvalue weighted by molar-refractivity contribution is -0.131. The van der Waals surface area contributed by atoms with Crippen LogP contribution in [0.15, 0.2) is 30.3 Å².